The van der Waals surface area contributed by atoms with Gasteiger partial charge < -0.3 is 10.6 Å². The number of halogens is 2. The Balaban J connectivity index is 2.03. The smallest absolute Gasteiger partial charge is 0.0488 e. The fourth-order valence-electron chi connectivity index (χ4n) is 1.80. The van der Waals surface area contributed by atoms with Crippen LogP contribution in [0.5, 0.6) is 0 Å². The first-order valence-corrected chi connectivity index (χ1v) is 6.35. The lowest BCUT2D eigenvalue weighted by molar-refractivity contribution is 0.480. The Labute approximate surface area is 104 Å². The maximum absolute atomic E-state index is 5.89. The molecule has 4 heteroatoms. The highest BCUT2D eigenvalue weighted by Crippen LogP contribution is 2.27. The molecule has 15 heavy (non-hydrogen) atoms. The largest absolute Gasteiger partial charge is 0.380 e. The van der Waals surface area contributed by atoms with Gasteiger partial charge in [0.15, 0.2) is 0 Å². The molecule has 1 aromatic rings. The van der Waals surface area contributed by atoms with Crippen molar-refractivity contribution in [2.24, 2.45) is 0 Å². The molecule has 0 amide bonds. The summed E-state index contributed by atoms with van der Waals surface area (Å²) in [6.45, 7) is 2.18. The molecule has 0 spiro atoms. The first-order chi connectivity index (χ1) is 7.25. The molecule has 1 aliphatic rings. The van der Waals surface area contributed by atoms with Crippen LogP contribution in [0.1, 0.15) is 12.8 Å². The molecule has 1 heterocycles. The molecular weight excluding hydrogens is 275 g/mol. The normalized spacial score (nSPS) is 21.3. The molecule has 1 unspecified atom stereocenters. The summed E-state index contributed by atoms with van der Waals surface area (Å²) < 4.78 is 1.03. The average Bonchev–Trinajstić information content (AvgIpc) is 2.24. The summed E-state index contributed by atoms with van der Waals surface area (Å²) in [5.41, 5.74) is 1.12. The number of piperidine rings is 1. The molecule has 0 bridgehead atoms. The van der Waals surface area contributed by atoms with Crippen molar-refractivity contribution in [1.82, 2.24) is 5.32 Å². The average molecular weight is 290 g/mol. The predicted molar refractivity (Wildman–Crippen MR) is 68.7 cm³/mol. The Hall–Kier alpha value is -0.250. The maximum atomic E-state index is 5.89. The van der Waals surface area contributed by atoms with E-state index in [0.29, 0.717) is 6.04 Å². The zero-order valence-corrected chi connectivity index (χ0v) is 10.7. The number of hydrogen-bond acceptors (Lipinski definition) is 2. The zero-order valence-electron chi connectivity index (χ0n) is 8.39. The van der Waals surface area contributed by atoms with Gasteiger partial charge in [-0.15, -0.1) is 0 Å². The summed E-state index contributed by atoms with van der Waals surface area (Å²) in [5, 5.41) is 7.65. The third-order valence-corrected chi connectivity index (χ3v) is 3.48. The molecule has 1 aromatic carbocycles. The Kier molecular flexibility index (Phi) is 3.89. The Morgan fingerprint density at radius 3 is 3.00 bits per heavy atom. The van der Waals surface area contributed by atoms with Gasteiger partial charge in [0.1, 0.15) is 0 Å². The van der Waals surface area contributed by atoms with Crippen molar-refractivity contribution in [1.29, 1.82) is 0 Å². The lowest BCUT2D eigenvalue weighted by atomic mass is 10.1. The predicted octanol–water partition coefficient (Wildman–Crippen LogP) is 3.27. The third-order valence-electron chi connectivity index (χ3n) is 2.59. The van der Waals surface area contributed by atoms with E-state index < -0.39 is 0 Å². The van der Waals surface area contributed by atoms with Gasteiger partial charge in [-0.05, 0) is 53.5 Å². The molecule has 0 saturated carbocycles. The molecule has 0 aliphatic carbocycles. The third kappa shape index (κ3) is 3.10. The second-order valence-electron chi connectivity index (χ2n) is 3.81. The van der Waals surface area contributed by atoms with Gasteiger partial charge in [0.2, 0.25) is 0 Å². The highest BCUT2D eigenvalue weighted by molar-refractivity contribution is 9.10. The number of anilines is 1. The van der Waals surface area contributed by atoms with Crippen molar-refractivity contribution in [2.45, 2.75) is 18.9 Å². The van der Waals surface area contributed by atoms with E-state index in [1.807, 2.05) is 18.2 Å². The van der Waals surface area contributed by atoms with E-state index in [9.17, 15) is 0 Å². The Morgan fingerprint density at radius 2 is 2.33 bits per heavy atom. The number of nitrogens with one attached hydrogen (secondary N) is 2. The van der Waals surface area contributed by atoms with Crippen molar-refractivity contribution in [3.05, 3.63) is 27.7 Å². The fraction of sp³-hybridized carbons (Fsp3) is 0.455. The van der Waals surface area contributed by atoms with Gasteiger partial charge in [0.05, 0.1) is 0 Å². The molecule has 0 radical (unpaired) electrons. The molecule has 82 valence electrons. The van der Waals surface area contributed by atoms with Crippen LogP contribution in [-0.2, 0) is 0 Å². The van der Waals surface area contributed by atoms with Gasteiger partial charge in [0, 0.05) is 27.8 Å². The van der Waals surface area contributed by atoms with Crippen molar-refractivity contribution < 1.29 is 0 Å². The van der Waals surface area contributed by atoms with Gasteiger partial charge in [-0.2, -0.15) is 0 Å². The highest BCUT2D eigenvalue weighted by Gasteiger charge is 2.13. The van der Waals surface area contributed by atoms with E-state index >= 15 is 0 Å². The van der Waals surface area contributed by atoms with Gasteiger partial charge in [-0.3, -0.25) is 0 Å². The van der Waals surface area contributed by atoms with Crippen LogP contribution in [0.25, 0.3) is 0 Å². The van der Waals surface area contributed by atoms with Crippen molar-refractivity contribution >= 4 is 33.2 Å². The van der Waals surface area contributed by atoms with Crippen LogP contribution in [0.4, 0.5) is 5.69 Å². The van der Waals surface area contributed by atoms with Crippen LogP contribution in [0.3, 0.4) is 0 Å². The second-order valence-corrected chi connectivity index (χ2v) is 5.10. The van der Waals surface area contributed by atoms with Gasteiger partial charge in [-0.25, -0.2) is 0 Å². The molecule has 2 rings (SSSR count). The van der Waals surface area contributed by atoms with Crippen LogP contribution in [-0.4, -0.2) is 19.1 Å². The number of hydrogen-bond donors (Lipinski definition) is 2. The minimum absolute atomic E-state index is 0.524. The molecule has 0 aromatic heterocycles. The number of rotatable bonds is 2. The monoisotopic (exact) mass is 288 g/mol. The lowest BCUT2D eigenvalue weighted by Gasteiger charge is -2.25. The molecule has 2 nitrogen and oxygen atoms in total. The summed E-state index contributed by atoms with van der Waals surface area (Å²) in [4.78, 5) is 0. The van der Waals surface area contributed by atoms with Gasteiger partial charge in [-0.1, -0.05) is 11.6 Å². The lowest BCUT2D eigenvalue weighted by Crippen LogP contribution is -2.38. The summed E-state index contributed by atoms with van der Waals surface area (Å²) in [7, 11) is 0. The molecule has 1 aliphatic heterocycles. The van der Waals surface area contributed by atoms with Crippen molar-refractivity contribution in [3.8, 4) is 0 Å². The van der Waals surface area contributed by atoms with E-state index in [4.69, 9.17) is 11.6 Å². The summed E-state index contributed by atoms with van der Waals surface area (Å²) in [5.74, 6) is 0. The van der Waals surface area contributed by atoms with Gasteiger partial charge in [0.25, 0.3) is 0 Å². The minimum Gasteiger partial charge on any atom is -0.380 e. The molecule has 1 fully saturated rings. The fourth-order valence-corrected chi connectivity index (χ4v) is 2.60. The van der Waals surface area contributed by atoms with Crippen molar-refractivity contribution in [2.75, 3.05) is 18.4 Å². The summed E-state index contributed by atoms with van der Waals surface area (Å²) >= 11 is 9.40. The first kappa shape index (κ1) is 11.2. The minimum atomic E-state index is 0.524. The first-order valence-electron chi connectivity index (χ1n) is 5.18. The second kappa shape index (κ2) is 5.19. The quantitative estimate of drug-likeness (QED) is 0.873. The molecular formula is C11H14BrClN2. The highest BCUT2D eigenvalue weighted by atomic mass is 79.9. The number of benzene rings is 1. The van der Waals surface area contributed by atoms with E-state index in [-0.39, 0.29) is 0 Å². The van der Waals surface area contributed by atoms with E-state index in [1.54, 1.807) is 0 Å². The summed E-state index contributed by atoms with van der Waals surface area (Å²) in [6.07, 6.45) is 2.46. The SMILES string of the molecule is Clc1ccc(NC2CCCNC2)c(Br)c1. The van der Waals surface area contributed by atoms with Crippen LogP contribution in [0, 0.1) is 0 Å². The Bertz CT molecular complexity index is 337. The topological polar surface area (TPSA) is 24.1 Å². The standard InChI is InChI=1S/C11H14BrClN2/c12-10-6-8(13)3-4-11(10)15-9-2-1-5-14-7-9/h3-4,6,9,14-15H,1-2,5,7H2. The molecule has 1 atom stereocenters. The van der Waals surface area contributed by atoms with E-state index in [2.05, 4.69) is 26.6 Å². The molecule has 1 saturated heterocycles. The van der Waals surface area contributed by atoms with E-state index in [1.165, 1.54) is 12.8 Å². The van der Waals surface area contributed by atoms with Crippen molar-refractivity contribution in [3.63, 3.8) is 0 Å². The summed E-state index contributed by atoms with van der Waals surface area (Å²) in [6, 6.07) is 6.36. The van der Waals surface area contributed by atoms with Crippen LogP contribution in [0.2, 0.25) is 5.02 Å². The van der Waals surface area contributed by atoms with Gasteiger partial charge >= 0.3 is 0 Å². The van der Waals surface area contributed by atoms with Crippen LogP contribution in [0.15, 0.2) is 22.7 Å². The maximum Gasteiger partial charge on any atom is 0.0488 e. The molecule has 2 N–H and O–H groups in total. The van der Waals surface area contributed by atoms with Crippen LogP contribution < -0.4 is 10.6 Å². The van der Waals surface area contributed by atoms with E-state index in [0.717, 1.165) is 28.3 Å². The zero-order chi connectivity index (χ0) is 10.7. The Morgan fingerprint density at radius 1 is 1.47 bits per heavy atom. The van der Waals surface area contributed by atoms with Crippen LogP contribution >= 0.6 is 27.5 Å².